The van der Waals surface area contributed by atoms with Gasteiger partial charge in [-0.3, -0.25) is 0 Å². The molecule has 1 atom stereocenters. The number of hydrogen-bond acceptors (Lipinski definition) is 3. The van der Waals surface area contributed by atoms with Crippen LogP contribution in [0.1, 0.15) is 42.1 Å². The van der Waals surface area contributed by atoms with Gasteiger partial charge in [-0.25, -0.2) is 17.9 Å². The molecule has 2 aromatic rings. The molecule has 0 bridgehead atoms. The number of amides is 2. The second-order valence-corrected chi connectivity index (χ2v) is 8.35. The molecule has 2 rings (SSSR count). The normalized spacial score (nSPS) is 12.4. The quantitative estimate of drug-likeness (QED) is 0.649. The summed E-state index contributed by atoms with van der Waals surface area (Å²) in [6.07, 6.45) is 0.988. The van der Waals surface area contributed by atoms with E-state index in [1.807, 2.05) is 31.2 Å². The van der Waals surface area contributed by atoms with Crippen molar-refractivity contribution in [1.82, 2.24) is 15.4 Å². The van der Waals surface area contributed by atoms with Crippen LogP contribution in [0, 0.1) is 0 Å². The van der Waals surface area contributed by atoms with Crippen LogP contribution in [0.3, 0.4) is 0 Å². The highest BCUT2D eigenvalue weighted by molar-refractivity contribution is 7.88. The lowest BCUT2D eigenvalue weighted by Gasteiger charge is -2.15. The van der Waals surface area contributed by atoms with E-state index < -0.39 is 10.0 Å². The van der Waals surface area contributed by atoms with Crippen molar-refractivity contribution in [1.29, 1.82) is 0 Å². The number of nitrogens with one attached hydrogen (secondary N) is 3. The van der Waals surface area contributed by atoms with E-state index >= 15 is 0 Å². The van der Waals surface area contributed by atoms with Crippen molar-refractivity contribution in [3.63, 3.8) is 0 Å². The molecule has 6 nitrogen and oxygen atoms in total. The van der Waals surface area contributed by atoms with Crippen molar-refractivity contribution >= 4 is 16.1 Å². The van der Waals surface area contributed by atoms with E-state index in [1.165, 1.54) is 12.6 Å². The van der Waals surface area contributed by atoms with E-state index in [0.29, 0.717) is 12.1 Å². The van der Waals surface area contributed by atoms with Crippen molar-refractivity contribution < 1.29 is 13.2 Å². The fourth-order valence-electron chi connectivity index (χ4n) is 2.60. The monoisotopic (exact) mass is 389 g/mol. The summed E-state index contributed by atoms with van der Waals surface area (Å²) in [4.78, 5) is 12.1. The Morgan fingerprint density at radius 2 is 1.52 bits per heavy atom. The zero-order chi connectivity index (χ0) is 19.9. The van der Waals surface area contributed by atoms with E-state index in [-0.39, 0.29) is 17.8 Å². The first-order chi connectivity index (χ1) is 12.8. The maximum atomic E-state index is 12.1. The summed E-state index contributed by atoms with van der Waals surface area (Å²) in [7, 11) is -1.89. The number of urea groups is 1. The number of carbonyl (C=O) groups is 1. The molecule has 0 fully saturated rings. The molecule has 2 amide bonds. The molecule has 3 N–H and O–H groups in total. The third-order valence-corrected chi connectivity index (χ3v) is 5.71. The standard InChI is InChI=1S/C20H27N3O3S/c1-4-16-9-11-19(12-10-16)15(2)23-20(24)22-13-17-5-7-18(8-6-17)14-27(25,26)21-3/h5-12,15,21H,4,13-14H2,1-3H3,(H2,22,23,24). The Morgan fingerprint density at radius 1 is 0.963 bits per heavy atom. The molecule has 0 aliphatic carbocycles. The summed E-state index contributed by atoms with van der Waals surface area (Å²) in [6.45, 7) is 4.42. The van der Waals surface area contributed by atoms with Crippen molar-refractivity contribution in [2.24, 2.45) is 0 Å². The van der Waals surface area contributed by atoms with Crippen LogP contribution in [0.15, 0.2) is 48.5 Å². The van der Waals surface area contributed by atoms with E-state index in [1.54, 1.807) is 12.1 Å². The SMILES string of the molecule is CCc1ccc(C(C)NC(=O)NCc2ccc(CS(=O)(=O)NC)cc2)cc1. The number of hydrogen-bond donors (Lipinski definition) is 3. The third-order valence-electron chi connectivity index (χ3n) is 4.38. The first-order valence-electron chi connectivity index (χ1n) is 8.95. The molecule has 0 radical (unpaired) electrons. The second kappa shape index (κ2) is 9.53. The summed E-state index contributed by atoms with van der Waals surface area (Å²) in [6, 6.07) is 15.0. The first-order valence-corrected chi connectivity index (χ1v) is 10.6. The molecule has 0 aliphatic rings. The third kappa shape index (κ3) is 6.69. The van der Waals surface area contributed by atoms with Crippen molar-refractivity contribution in [2.45, 2.75) is 38.6 Å². The minimum atomic E-state index is -3.29. The van der Waals surface area contributed by atoms with Gasteiger partial charge in [0.2, 0.25) is 10.0 Å². The van der Waals surface area contributed by atoms with E-state index in [9.17, 15) is 13.2 Å². The highest BCUT2D eigenvalue weighted by atomic mass is 32.2. The van der Waals surface area contributed by atoms with Gasteiger partial charge < -0.3 is 10.6 Å². The Balaban J connectivity index is 1.84. The first kappa shape index (κ1) is 20.9. The summed E-state index contributed by atoms with van der Waals surface area (Å²) in [5.41, 5.74) is 3.91. The van der Waals surface area contributed by atoms with E-state index in [2.05, 4.69) is 34.4 Å². The topological polar surface area (TPSA) is 87.3 Å². The minimum absolute atomic E-state index is 0.0635. The van der Waals surface area contributed by atoms with Gasteiger partial charge in [0.05, 0.1) is 11.8 Å². The molecule has 0 saturated carbocycles. The Bertz CT molecular complexity index is 847. The van der Waals surface area contributed by atoms with Crippen LogP contribution in [-0.2, 0) is 28.7 Å². The van der Waals surface area contributed by atoms with Gasteiger partial charge in [-0.1, -0.05) is 55.5 Å². The van der Waals surface area contributed by atoms with Crippen LogP contribution in [0.4, 0.5) is 4.79 Å². The smallest absolute Gasteiger partial charge is 0.315 e. The van der Waals surface area contributed by atoms with Gasteiger partial charge in [-0.15, -0.1) is 0 Å². The van der Waals surface area contributed by atoms with Gasteiger partial charge >= 0.3 is 6.03 Å². The van der Waals surface area contributed by atoms with Gasteiger partial charge in [-0.2, -0.15) is 0 Å². The molecular formula is C20H27N3O3S. The summed E-state index contributed by atoms with van der Waals surface area (Å²) >= 11 is 0. The number of benzene rings is 2. The van der Waals surface area contributed by atoms with Crippen LogP contribution in [0.2, 0.25) is 0 Å². The van der Waals surface area contributed by atoms with Crippen molar-refractivity contribution in [2.75, 3.05) is 7.05 Å². The highest BCUT2D eigenvalue weighted by Crippen LogP contribution is 2.13. The van der Waals surface area contributed by atoms with Crippen molar-refractivity contribution in [3.8, 4) is 0 Å². The predicted octanol–water partition coefficient (Wildman–Crippen LogP) is 2.86. The average molecular weight is 390 g/mol. The Kier molecular flexibility index (Phi) is 7.38. The lowest BCUT2D eigenvalue weighted by molar-refractivity contribution is 0.237. The van der Waals surface area contributed by atoms with Crippen LogP contribution in [-0.4, -0.2) is 21.5 Å². The van der Waals surface area contributed by atoms with Gasteiger partial charge in [0.15, 0.2) is 0 Å². The molecule has 0 aliphatic heterocycles. The van der Waals surface area contributed by atoms with E-state index in [4.69, 9.17) is 0 Å². The predicted molar refractivity (Wildman–Crippen MR) is 108 cm³/mol. The highest BCUT2D eigenvalue weighted by Gasteiger charge is 2.10. The zero-order valence-corrected chi connectivity index (χ0v) is 16.8. The van der Waals surface area contributed by atoms with Crippen LogP contribution in [0.5, 0.6) is 0 Å². The van der Waals surface area contributed by atoms with Gasteiger partial charge in [0.25, 0.3) is 0 Å². The second-order valence-electron chi connectivity index (χ2n) is 6.42. The van der Waals surface area contributed by atoms with Gasteiger partial charge in [0.1, 0.15) is 0 Å². The fourth-order valence-corrected chi connectivity index (χ4v) is 3.38. The molecule has 146 valence electrons. The van der Waals surface area contributed by atoms with Crippen LogP contribution >= 0.6 is 0 Å². The Labute approximate surface area is 161 Å². The summed E-state index contributed by atoms with van der Waals surface area (Å²) in [5.74, 6) is -0.0635. The lowest BCUT2D eigenvalue weighted by Crippen LogP contribution is -2.36. The molecule has 7 heteroatoms. The maximum Gasteiger partial charge on any atom is 0.315 e. The number of carbonyl (C=O) groups excluding carboxylic acids is 1. The van der Waals surface area contributed by atoms with Crippen LogP contribution < -0.4 is 15.4 Å². The van der Waals surface area contributed by atoms with Crippen LogP contribution in [0.25, 0.3) is 0 Å². The van der Waals surface area contributed by atoms with E-state index in [0.717, 1.165) is 17.5 Å². The number of aryl methyl sites for hydroxylation is 1. The molecule has 0 saturated heterocycles. The number of rotatable bonds is 8. The largest absolute Gasteiger partial charge is 0.334 e. The van der Waals surface area contributed by atoms with Crippen molar-refractivity contribution in [3.05, 3.63) is 70.8 Å². The fraction of sp³-hybridized carbons (Fsp3) is 0.350. The molecule has 1 unspecified atom stereocenters. The molecule has 0 spiro atoms. The molecule has 0 heterocycles. The minimum Gasteiger partial charge on any atom is -0.334 e. The summed E-state index contributed by atoms with van der Waals surface area (Å²) < 4.78 is 25.4. The molecular weight excluding hydrogens is 362 g/mol. The summed E-state index contributed by atoms with van der Waals surface area (Å²) in [5, 5.41) is 5.74. The average Bonchev–Trinajstić information content (AvgIpc) is 2.67. The van der Waals surface area contributed by atoms with Gasteiger partial charge in [0, 0.05) is 6.54 Å². The van der Waals surface area contributed by atoms with Gasteiger partial charge in [-0.05, 0) is 42.6 Å². The maximum absolute atomic E-state index is 12.1. The molecule has 27 heavy (non-hydrogen) atoms. The Hall–Kier alpha value is -2.38. The number of sulfonamides is 1. The molecule has 0 aromatic heterocycles. The lowest BCUT2D eigenvalue weighted by atomic mass is 10.1. The Morgan fingerprint density at radius 3 is 2.07 bits per heavy atom. The molecule has 2 aromatic carbocycles. The zero-order valence-electron chi connectivity index (χ0n) is 16.0.